The summed E-state index contributed by atoms with van der Waals surface area (Å²) in [5.74, 6) is 0.504. The van der Waals surface area contributed by atoms with Crippen LogP contribution in [0.25, 0.3) is 0 Å². The molecule has 2 amide bonds. The van der Waals surface area contributed by atoms with Gasteiger partial charge in [-0.1, -0.05) is 49.6 Å². The normalized spacial score (nSPS) is 20.9. The summed E-state index contributed by atoms with van der Waals surface area (Å²) in [6.07, 6.45) is 6.77. The number of hydrogen-bond acceptors (Lipinski definition) is 4. The minimum atomic E-state index is -3.29. The molecule has 0 bridgehead atoms. The number of carbonyl (C=O) groups excluding carboxylic acids is 2. The molecule has 2 aromatic carbocycles. The van der Waals surface area contributed by atoms with E-state index in [0.29, 0.717) is 36.9 Å². The number of nitrogens with zero attached hydrogens (tertiary/aromatic N) is 2. The Labute approximate surface area is 219 Å². The molecule has 9 heteroatoms. The fourth-order valence-corrected chi connectivity index (χ4v) is 5.99. The number of amides is 2. The van der Waals surface area contributed by atoms with Crippen molar-refractivity contribution in [1.29, 1.82) is 0 Å². The topological polar surface area (TPSA) is 86.8 Å². The highest BCUT2D eigenvalue weighted by molar-refractivity contribution is 7.88. The van der Waals surface area contributed by atoms with E-state index in [4.69, 9.17) is 0 Å². The van der Waals surface area contributed by atoms with Gasteiger partial charge in [-0.05, 0) is 60.9 Å². The molecule has 2 fully saturated rings. The Morgan fingerprint density at radius 3 is 2.30 bits per heavy atom. The quantitative estimate of drug-likeness (QED) is 0.449. The minimum Gasteiger partial charge on any atom is -0.340 e. The van der Waals surface area contributed by atoms with Crippen molar-refractivity contribution < 1.29 is 22.4 Å². The van der Waals surface area contributed by atoms with Crippen molar-refractivity contribution in [3.8, 4) is 0 Å². The number of carbonyl (C=O) groups is 2. The maximum Gasteiger partial charge on any atom is 0.251 e. The highest BCUT2D eigenvalue weighted by atomic mass is 32.2. The monoisotopic (exact) mass is 529 g/mol. The molecule has 0 unspecified atom stereocenters. The van der Waals surface area contributed by atoms with Gasteiger partial charge in [-0.15, -0.1) is 0 Å². The third-order valence-corrected chi connectivity index (χ3v) is 8.75. The molecule has 1 aliphatic carbocycles. The molecule has 37 heavy (non-hydrogen) atoms. The maximum absolute atomic E-state index is 13.3. The first-order valence-electron chi connectivity index (χ1n) is 13.1. The fourth-order valence-electron chi connectivity index (χ4n) is 5.17. The molecule has 1 saturated heterocycles. The number of sulfonamides is 1. The lowest BCUT2D eigenvalue weighted by atomic mass is 10.0. The molecule has 200 valence electrons. The van der Waals surface area contributed by atoms with E-state index in [-0.39, 0.29) is 30.7 Å². The summed E-state index contributed by atoms with van der Waals surface area (Å²) in [7, 11) is -3.29. The smallest absolute Gasteiger partial charge is 0.251 e. The van der Waals surface area contributed by atoms with E-state index >= 15 is 0 Å². The van der Waals surface area contributed by atoms with E-state index in [1.54, 1.807) is 29.2 Å². The zero-order valence-corrected chi connectivity index (χ0v) is 22.1. The number of piperazine rings is 1. The summed E-state index contributed by atoms with van der Waals surface area (Å²) in [5.41, 5.74) is 1.71. The van der Waals surface area contributed by atoms with Crippen LogP contribution in [0.3, 0.4) is 0 Å². The van der Waals surface area contributed by atoms with Gasteiger partial charge in [0.25, 0.3) is 5.91 Å². The largest absolute Gasteiger partial charge is 0.340 e. The van der Waals surface area contributed by atoms with E-state index < -0.39 is 16.1 Å². The van der Waals surface area contributed by atoms with Crippen LogP contribution in [0.1, 0.15) is 60.4 Å². The van der Waals surface area contributed by atoms with Crippen molar-refractivity contribution in [2.45, 2.75) is 50.5 Å². The van der Waals surface area contributed by atoms with Gasteiger partial charge >= 0.3 is 0 Å². The van der Waals surface area contributed by atoms with Gasteiger partial charge in [0.2, 0.25) is 15.9 Å². The first-order valence-corrected chi connectivity index (χ1v) is 14.9. The number of benzene rings is 2. The van der Waals surface area contributed by atoms with Crippen LogP contribution in [0.4, 0.5) is 4.39 Å². The SMILES string of the molecule is CS(=O)(=O)N1CCN(C(=O)[C@H](CCCCC[C@H]2C[C@@H]2c2ccc(F)cc2)NC(=O)c2ccccc2)CC1. The van der Waals surface area contributed by atoms with Crippen molar-refractivity contribution in [2.24, 2.45) is 5.92 Å². The van der Waals surface area contributed by atoms with Gasteiger partial charge in [-0.3, -0.25) is 9.59 Å². The molecule has 2 aliphatic rings. The van der Waals surface area contributed by atoms with Crippen molar-refractivity contribution in [1.82, 2.24) is 14.5 Å². The number of nitrogens with one attached hydrogen (secondary N) is 1. The molecule has 0 radical (unpaired) electrons. The molecule has 3 atom stereocenters. The van der Waals surface area contributed by atoms with Crippen molar-refractivity contribution in [3.63, 3.8) is 0 Å². The summed E-state index contributed by atoms with van der Waals surface area (Å²) in [5, 5.41) is 2.92. The van der Waals surface area contributed by atoms with Crippen LogP contribution in [0.5, 0.6) is 0 Å². The van der Waals surface area contributed by atoms with Crippen LogP contribution in [0.15, 0.2) is 54.6 Å². The third-order valence-electron chi connectivity index (χ3n) is 7.45. The number of unbranched alkanes of at least 4 members (excludes halogenated alkanes) is 2. The van der Waals surface area contributed by atoms with Crippen molar-refractivity contribution in [3.05, 3.63) is 71.5 Å². The van der Waals surface area contributed by atoms with Gasteiger partial charge in [0.15, 0.2) is 0 Å². The lowest BCUT2D eigenvalue weighted by molar-refractivity contribution is -0.134. The Morgan fingerprint density at radius 1 is 0.973 bits per heavy atom. The molecule has 1 saturated carbocycles. The van der Waals surface area contributed by atoms with Crippen molar-refractivity contribution in [2.75, 3.05) is 32.4 Å². The Kier molecular flexibility index (Phi) is 8.97. The number of rotatable bonds is 11. The van der Waals surface area contributed by atoms with Gasteiger partial charge < -0.3 is 10.2 Å². The molecule has 1 N–H and O–H groups in total. The lowest BCUT2D eigenvalue weighted by Crippen LogP contribution is -2.55. The second-order valence-corrected chi connectivity index (χ2v) is 12.2. The predicted molar refractivity (Wildman–Crippen MR) is 141 cm³/mol. The summed E-state index contributed by atoms with van der Waals surface area (Å²) in [6, 6.07) is 15.0. The van der Waals surface area contributed by atoms with Crippen LogP contribution >= 0.6 is 0 Å². The minimum absolute atomic E-state index is 0.156. The molecule has 1 aliphatic heterocycles. The van der Waals surface area contributed by atoms with E-state index in [2.05, 4.69) is 5.32 Å². The average Bonchev–Trinajstić information content (AvgIpc) is 3.67. The fraction of sp³-hybridized carbons (Fsp3) is 0.500. The Hall–Kier alpha value is -2.78. The lowest BCUT2D eigenvalue weighted by Gasteiger charge is -2.35. The zero-order chi connectivity index (χ0) is 26.4. The molecular weight excluding hydrogens is 493 g/mol. The van der Waals surface area contributed by atoms with Crippen LogP contribution in [-0.4, -0.2) is 67.9 Å². The van der Waals surface area contributed by atoms with Gasteiger partial charge in [-0.2, -0.15) is 4.31 Å². The van der Waals surface area contributed by atoms with Gasteiger partial charge in [0, 0.05) is 31.7 Å². The second-order valence-electron chi connectivity index (χ2n) is 10.2. The maximum atomic E-state index is 13.3. The van der Waals surface area contributed by atoms with E-state index in [9.17, 15) is 22.4 Å². The molecule has 2 aromatic rings. The highest BCUT2D eigenvalue weighted by Gasteiger charge is 2.37. The average molecular weight is 530 g/mol. The Bertz CT molecular complexity index is 1170. The molecule has 7 nitrogen and oxygen atoms in total. The summed E-state index contributed by atoms with van der Waals surface area (Å²) in [6.45, 7) is 1.16. The molecule has 0 aromatic heterocycles. The predicted octanol–water partition coefficient (Wildman–Crippen LogP) is 3.78. The highest BCUT2D eigenvalue weighted by Crippen LogP contribution is 2.50. The Morgan fingerprint density at radius 2 is 1.65 bits per heavy atom. The standard InChI is InChI=1S/C28H36FN3O4S/c1-37(35,36)32-18-16-31(17-19-32)28(34)26(30-27(33)22-8-4-2-5-9-22)11-7-3-6-10-23-20-25(23)21-12-14-24(29)15-13-21/h2,4-5,8-9,12-15,23,25-26H,3,6-7,10-11,16-20H2,1H3,(H,30,33)/t23-,25+,26-/m0/s1. The number of halogens is 1. The molecule has 1 heterocycles. The van der Waals surface area contributed by atoms with Crippen LogP contribution in [0, 0.1) is 11.7 Å². The number of hydrogen-bond donors (Lipinski definition) is 1. The van der Waals surface area contributed by atoms with Crippen LogP contribution in [-0.2, 0) is 14.8 Å². The van der Waals surface area contributed by atoms with Gasteiger partial charge in [0.05, 0.1) is 6.26 Å². The van der Waals surface area contributed by atoms with E-state index in [0.717, 1.165) is 32.1 Å². The summed E-state index contributed by atoms with van der Waals surface area (Å²) in [4.78, 5) is 27.8. The first-order chi connectivity index (χ1) is 17.7. The molecule has 4 rings (SSSR count). The van der Waals surface area contributed by atoms with Gasteiger partial charge in [0.1, 0.15) is 11.9 Å². The van der Waals surface area contributed by atoms with Gasteiger partial charge in [-0.25, -0.2) is 12.8 Å². The van der Waals surface area contributed by atoms with E-state index in [1.807, 2.05) is 18.2 Å². The van der Waals surface area contributed by atoms with E-state index in [1.165, 1.54) is 28.3 Å². The molecule has 0 spiro atoms. The van der Waals surface area contributed by atoms with Crippen LogP contribution in [0.2, 0.25) is 0 Å². The first kappa shape index (κ1) is 27.3. The van der Waals surface area contributed by atoms with Crippen LogP contribution < -0.4 is 5.32 Å². The summed E-state index contributed by atoms with van der Waals surface area (Å²) >= 11 is 0. The zero-order valence-electron chi connectivity index (χ0n) is 21.3. The molecular formula is C28H36FN3O4S. The third kappa shape index (κ3) is 7.61. The van der Waals surface area contributed by atoms with Crippen molar-refractivity contribution >= 4 is 21.8 Å². The Balaban J connectivity index is 1.27. The summed E-state index contributed by atoms with van der Waals surface area (Å²) < 4.78 is 38.2. The second kappa shape index (κ2) is 12.2.